The third kappa shape index (κ3) is 3.26. The molecule has 0 spiro atoms. The molecule has 3 aromatic rings. The Morgan fingerprint density at radius 2 is 1.77 bits per heavy atom. The monoisotopic (exact) mass is 388 g/mol. The summed E-state index contributed by atoms with van der Waals surface area (Å²) in [6.45, 7) is 0.841. The predicted octanol–water partition coefficient (Wildman–Crippen LogP) is 4.99. The van der Waals surface area contributed by atoms with Crippen LogP contribution in [-0.2, 0) is 0 Å². The van der Waals surface area contributed by atoms with Crippen LogP contribution in [0.3, 0.4) is 0 Å². The van der Waals surface area contributed by atoms with E-state index in [9.17, 15) is 22.0 Å². The van der Waals surface area contributed by atoms with E-state index in [2.05, 4.69) is 20.3 Å². The smallest absolute Gasteiger partial charge is 0.372 e. The van der Waals surface area contributed by atoms with Crippen LogP contribution in [0.15, 0.2) is 30.6 Å². The molecule has 0 unspecified atom stereocenters. The number of aromatic nitrogens is 3. The minimum Gasteiger partial charge on any atom is -0.372 e. The summed E-state index contributed by atoms with van der Waals surface area (Å²) in [7, 11) is 0. The third-order valence-corrected chi connectivity index (χ3v) is 3.96. The molecule has 0 amide bonds. The Labute approximate surface area is 149 Å². The number of anilines is 1. The molecule has 136 valence electrons. The van der Waals surface area contributed by atoms with E-state index in [1.54, 1.807) is 0 Å². The first-order chi connectivity index (χ1) is 12.2. The van der Waals surface area contributed by atoms with Crippen LogP contribution >= 0.6 is 11.6 Å². The fourth-order valence-electron chi connectivity index (χ4n) is 2.36. The van der Waals surface area contributed by atoms with Gasteiger partial charge < -0.3 is 5.32 Å². The van der Waals surface area contributed by atoms with Crippen molar-refractivity contribution in [1.29, 1.82) is 0 Å². The number of hydrogen-bond acceptors (Lipinski definition) is 4. The number of nitrogens with one attached hydrogen (secondary N) is 1. The average Bonchev–Trinajstić information content (AvgIpc) is 2.55. The van der Waals surface area contributed by atoms with Crippen LogP contribution in [0.25, 0.3) is 22.3 Å². The molecule has 26 heavy (non-hydrogen) atoms. The first kappa shape index (κ1) is 18.2. The molecular formula is C16H10ClF5N4. The van der Waals surface area contributed by atoms with E-state index in [1.807, 2.05) is 0 Å². The number of alkyl halides is 3. The highest BCUT2D eigenvalue weighted by molar-refractivity contribution is 6.33. The van der Waals surface area contributed by atoms with Crippen molar-refractivity contribution in [2.75, 3.05) is 5.32 Å². The molecule has 2 heterocycles. The van der Waals surface area contributed by atoms with Crippen LogP contribution in [0, 0.1) is 11.8 Å². The van der Waals surface area contributed by atoms with Gasteiger partial charge in [-0.2, -0.15) is 22.5 Å². The molecule has 0 aliphatic carbocycles. The van der Waals surface area contributed by atoms with Gasteiger partial charge in [0, 0.05) is 18.0 Å². The minimum atomic E-state index is -4.63. The Kier molecular flexibility index (Phi) is 4.66. The molecule has 0 aliphatic heterocycles. The van der Waals surface area contributed by atoms with Gasteiger partial charge in [0.1, 0.15) is 17.4 Å². The van der Waals surface area contributed by atoms with E-state index in [0.717, 1.165) is 13.0 Å². The second-order valence-corrected chi connectivity index (χ2v) is 5.79. The molecule has 10 heteroatoms. The lowest BCUT2D eigenvalue weighted by atomic mass is 10.0. The van der Waals surface area contributed by atoms with Crippen LogP contribution in [0.5, 0.6) is 0 Å². The molecule has 2 aromatic heterocycles. The molecular weight excluding hydrogens is 379 g/mol. The maximum absolute atomic E-state index is 14.6. The van der Waals surface area contributed by atoms with Gasteiger partial charge in [-0.15, -0.1) is 0 Å². The lowest BCUT2D eigenvalue weighted by Gasteiger charge is -2.22. The van der Waals surface area contributed by atoms with E-state index in [4.69, 9.17) is 11.6 Å². The van der Waals surface area contributed by atoms with Crippen LogP contribution in [0.2, 0.25) is 5.02 Å². The summed E-state index contributed by atoms with van der Waals surface area (Å²) < 4.78 is 68.0. The van der Waals surface area contributed by atoms with Gasteiger partial charge >= 0.3 is 6.18 Å². The summed E-state index contributed by atoms with van der Waals surface area (Å²) in [5.74, 6) is -2.13. The topological polar surface area (TPSA) is 50.7 Å². The zero-order valence-electron chi connectivity index (χ0n) is 13.1. The summed E-state index contributed by atoms with van der Waals surface area (Å²) in [6, 6.07) is 1.52. The highest BCUT2D eigenvalue weighted by Gasteiger charge is 2.37. The number of hydrogen-bond donors (Lipinski definition) is 1. The second-order valence-electron chi connectivity index (χ2n) is 5.39. The van der Waals surface area contributed by atoms with E-state index in [0.29, 0.717) is 0 Å². The Hall–Kier alpha value is -2.55. The molecule has 0 fully saturated rings. The molecule has 0 aliphatic rings. The van der Waals surface area contributed by atoms with Crippen molar-refractivity contribution < 1.29 is 22.0 Å². The average molecular weight is 389 g/mol. The Morgan fingerprint density at radius 3 is 2.42 bits per heavy atom. The van der Waals surface area contributed by atoms with Gasteiger partial charge in [-0.3, -0.25) is 0 Å². The van der Waals surface area contributed by atoms with Gasteiger partial charge in [-0.05, 0) is 19.1 Å². The van der Waals surface area contributed by atoms with E-state index >= 15 is 0 Å². The molecule has 3 rings (SSSR count). The van der Waals surface area contributed by atoms with Crippen molar-refractivity contribution in [3.8, 4) is 11.1 Å². The molecule has 0 saturated carbocycles. The Balaban J connectivity index is 2.35. The SMILES string of the molecule is C[C@H](Nc1c(-c2c(F)cccc2Cl)c(F)nc2nccnc12)C(F)(F)F. The molecule has 0 saturated heterocycles. The fourth-order valence-corrected chi connectivity index (χ4v) is 2.62. The summed E-state index contributed by atoms with van der Waals surface area (Å²) in [5, 5.41) is 1.97. The van der Waals surface area contributed by atoms with Crippen LogP contribution in [-0.4, -0.2) is 27.2 Å². The molecule has 0 radical (unpaired) electrons. The summed E-state index contributed by atoms with van der Waals surface area (Å²) in [5.41, 5.74) is -1.71. The Bertz CT molecular complexity index is 956. The first-order valence-corrected chi connectivity index (χ1v) is 7.65. The molecule has 4 nitrogen and oxygen atoms in total. The highest BCUT2D eigenvalue weighted by Crippen LogP contribution is 2.40. The normalized spacial score (nSPS) is 13.0. The molecule has 1 aromatic carbocycles. The second kappa shape index (κ2) is 6.64. The van der Waals surface area contributed by atoms with Crippen molar-refractivity contribution >= 4 is 28.5 Å². The standard InChI is InChI=1S/C16H10ClF5N4/c1-7(16(20,21)22)25-12-11(10-8(17)3-2-4-9(10)18)14(19)26-15-13(12)23-5-6-24-15/h2-7H,1H3,(H,24,25,26)/t7-/m0/s1. The number of rotatable bonds is 3. The lowest BCUT2D eigenvalue weighted by Crippen LogP contribution is -2.33. The van der Waals surface area contributed by atoms with Gasteiger partial charge in [0.25, 0.3) is 0 Å². The Morgan fingerprint density at radius 1 is 1.08 bits per heavy atom. The van der Waals surface area contributed by atoms with Crippen LogP contribution < -0.4 is 5.32 Å². The number of nitrogens with zero attached hydrogens (tertiary/aromatic N) is 3. The minimum absolute atomic E-state index is 0.140. The molecule has 0 bridgehead atoms. The van der Waals surface area contributed by atoms with Gasteiger partial charge in [0.2, 0.25) is 5.95 Å². The van der Waals surface area contributed by atoms with Gasteiger partial charge in [-0.1, -0.05) is 17.7 Å². The number of pyridine rings is 1. The number of halogens is 6. The molecule has 1 N–H and O–H groups in total. The van der Waals surface area contributed by atoms with Crippen molar-refractivity contribution in [2.45, 2.75) is 19.1 Å². The summed E-state index contributed by atoms with van der Waals surface area (Å²) in [4.78, 5) is 11.3. The van der Waals surface area contributed by atoms with E-state index in [1.165, 1.54) is 24.5 Å². The maximum Gasteiger partial charge on any atom is 0.408 e. The highest BCUT2D eigenvalue weighted by atomic mass is 35.5. The van der Waals surface area contributed by atoms with Crippen molar-refractivity contribution in [1.82, 2.24) is 15.0 Å². The maximum atomic E-state index is 14.6. The number of benzene rings is 1. The quantitative estimate of drug-likeness (QED) is 0.507. The largest absolute Gasteiger partial charge is 0.408 e. The van der Waals surface area contributed by atoms with Crippen molar-refractivity contribution in [3.05, 3.63) is 47.4 Å². The van der Waals surface area contributed by atoms with Gasteiger partial charge in [-0.25, -0.2) is 14.4 Å². The zero-order valence-corrected chi connectivity index (χ0v) is 13.8. The van der Waals surface area contributed by atoms with Crippen molar-refractivity contribution in [3.63, 3.8) is 0 Å². The third-order valence-electron chi connectivity index (χ3n) is 3.64. The van der Waals surface area contributed by atoms with Crippen LogP contribution in [0.1, 0.15) is 6.92 Å². The zero-order chi connectivity index (χ0) is 19.1. The predicted molar refractivity (Wildman–Crippen MR) is 86.8 cm³/mol. The van der Waals surface area contributed by atoms with Crippen molar-refractivity contribution in [2.24, 2.45) is 0 Å². The molecule has 1 atom stereocenters. The van der Waals surface area contributed by atoms with Gasteiger partial charge in [0.15, 0.2) is 5.65 Å². The lowest BCUT2D eigenvalue weighted by molar-refractivity contribution is -0.138. The van der Waals surface area contributed by atoms with E-state index < -0.39 is 40.8 Å². The summed E-state index contributed by atoms with van der Waals surface area (Å²) in [6.07, 6.45) is -2.22. The van der Waals surface area contributed by atoms with Gasteiger partial charge in [0.05, 0.1) is 16.3 Å². The number of fused-ring (bicyclic) bond motifs is 1. The van der Waals surface area contributed by atoms with E-state index in [-0.39, 0.29) is 16.2 Å². The fraction of sp³-hybridized carbons (Fsp3) is 0.188. The summed E-state index contributed by atoms with van der Waals surface area (Å²) >= 11 is 5.97. The first-order valence-electron chi connectivity index (χ1n) is 7.28. The van der Waals surface area contributed by atoms with Crippen LogP contribution in [0.4, 0.5) is 27.6 Å².